The molecule has 0 fully saturated rings. The van der Waals surface area contributed by atoms with E-state index in [1.54, 1.807) is 36.4 Å². The predicted molar refractivity (Wildman–Crippen MR) is 129 cm³/mol. The summed E-state index contributed by atoms with van der Waals surface area (Å²) in [6.45, 7) is 0. The Morgan fingerprint density at radius 1 is 1.08 bits per heavy atom. The van der Waals surface area contributed by atoms with Gasteiger partial charge in [0, 0.05) is 5.56 Å². The van der Waals surface area contributed by atoms with E-state index in [-0.39, 0.29) is 16.9 Å². The number of aromatic nitrogens is 2. The zero-order valence-electron chi connectivity index (χ0n) is 18.6. The lowest BCUT2D eigenvalue weighted by Crippen LogP contribution is -2.31. The molecule has 3 aromatic carbocycles. The molecule has 2 atom stereocenters. The Hall–Kier alpha value is -3.61. The standard InChI is InChI=1S/C24H21FN4O5S2/c25-18-12-15(10-11-17(18)22-14-23(30)29-36(22,33)34)13-21(24-26-19-8-4-5-9-20(19)27-24)28-35(31,32)16-6-2-1-3-7-16/h1-12,21-22,28H,13-14H2,(H,26,27)(H,29,30)/p-1/t21-,22?/m0/s1. The van der Waals surface area contributed by atoms with Crippen molar-refractivity contribution in [2.45, 2.75) is 29.0 Å². The molecule has 0 saturated heterocycles. The van der Waals surface area contributed by atoms with Crippen LogP contribution < -0.4 is 9.83 Å². The summed E-state index contributed by atoms with van der Waals surface area (Å²) in [6.07, 6.45) is -0.402. The van der Waals surface area contributed by atoms with Crippen LogP contribution in [-0.4, -0.2) is 32.7 Å². The minimum absolute atomic E-state index is 0.0177. The zero-order valence-corrected chi connectivity index (χ0v) is 20.3. The summed E-state index contributed by atoms with van der Waals surface area (Å²) in [6, 6.07) is 18.1. The van der Waals surface area contributed by atoms with Gasteiger partial charge in [0.2, 0.25) is 10.0 Å². The fraction of sp³-hybridized carbons (Fsp3) is 0.167. The van der Waals surface area contributed by atoms with E-state index in [9.17, 15) is 21.9 Å². The normalized spacial score (nSPS) is 18.2. The Bertz CT molecular complexity index is 1650. The SMILES string of the molecule is O=S(=O)(N[C@@H](Cc1ccc(C2CC([O-])=NS2(=O)=O)c(F)c1)c1nc2ccccc2[nH]1)c1ccccc1. The number of fused-ring (bicyclic) bond motifs is 1. The van der Waals surface area contributed by atoms with E-state index in [2.05, 4.69) is 19.1 Å². The molecule has 0 amide bonds. The number of imidazole rings is 1. The molecule has 5 rings (SSSR count). The maximum absolute atomic E-state index is 15.0. The lowest BCUT2D eigenvalue weighted by atomic mass is 10.0. The number of para-hydroxylation sites is 2. The monoisotopic (exact) mass is 527 g/mol. The van der Waals surface area contributed by atoms with Crippen LogP contribution in [0.25, 0.3) is 11.0 Å². The third-order valence-corrected chi connectivity index (χ3v) is 8.97. The van der Waals surface area contributed by atoms with E-state index in [1.165, 1.54) is 24.3 Å². The lowest BCUT2D eigenvalue weighted by Gasteiger charge is -2.18. The van der Waals surface area contributed by atoms with E-state index < -0.39 is 49.5 Å². The molecule has 0 spiro atoms. The molecular weight excluding hydrogens is 507 g/mol. The number of hydrogen-bond donors (Lipinski definition) is 2. The van der Waals surface area contributed by atoms with Gasteiger partial charge in [0.05, 0.1) is 22.0 Å². The van der Waals surface area contributed by atoms with Gasteiger partial charge in [-0.2, -0.15) is 4.40 Å². The van der Waals surface area contributed by atoms with E-state index in [4.69, 9.17) is 0 Å². The van der Waals surface area contributed by atoms with Gasteiger partial charge in [-0.05, 0) is 54.6 Å². The molecule has 2 heterocycles. The summed E-state index contributed by atoms with van der Waals surface area (Å²) < 4.78 is 71.1. The van der Waals surface area contributed by atoms with Crippen molar-refractivity contribution in [2.24, 2.45) is 4.40 Å². The second kappa shape index (κ2) is 9.12. The Labute approximate surface area is 206 Å². The highest BCUT2D eigenvalue weighted by molar-refractivity contribution is 7.90. The molecule has 186 valence electrons. The van der Waals surface area contributed by atoms with Crippen LogP contribution in [0.5, 0.6) is 0 Å². The van der Waals surface area contributed by atoms with Crippen molar-refractivity contribution in [3.05, 3.63) is 95.6 Å². The minimum atomic E-state index is -4.13. The highest BCUT2D eigenvalue weighted by Gasteiger charge is 2.34. The minimum Gasteiger partial charge on any atom is -0.861 e. The molecule has 36 heavy (non-hydrogen) atoms. The van der Waals surface area contributed by atoms with Crippen molar-refractivity contribution < 1.29 is 26.3 Å². The number of benzene rings is 3. The summed E-state index contributed by atoms with van der Waals surface area (Å²) in [7, 11) is -8.08. The first-order valence-electron chi connectivity index (χ1n) is 10.9. The highest BCUT2D eigenvalue weighted by atomic mass is 32.2. The quantitative estimate of drug-likeness (QED) is 0.378. The topological polar surface area (TPSA) is 144 Å². The van der Waals surface area contributed by atoms with E-state index in [0.717, 1.165) is 6.07 Å². The van der Waals surface area contributed by atoms with Crippen LogP contribution in [0, 0.1) is 5.82 Å². The molecule has 4 aromatic rings. The van der Waals surface area contributed by atoms with Crippen LogP contribution in [-0.2, 0) is 26.5 Å². The van der Waals surface area contributed by atoms with Crippen LogP contribution in [0.1, 0.15) is 34.7 Å². The van der Waals surface area contributed by atoms with Gasteiger partial charge < -0.3 is 10.1 Å². The summed E-state index contributed by atoms with van der Waals surface area (Å²) >= 11 is 0. The molecule has 1 unspecified atom stereocenters. The van der Waals surface area contributed by atoms with E-state index in [0.29, 0.717) is 22.4 Å². The van der Waals surface area contributed by atoms with Gasteiger partial charge in [-0.1, -0.05) is 42.5 Å². The number of nitrogens with zero attached hydrogens (tertiary/aromatic N) is 2. The van der Waals surface area contributed by atoms with Gasteiger partial charge in [-0.3, -0.25) is 0 Å². The number of aromatic amines is 1. The number of nitrogens with one attached hydrogen (secondary N) is 2. The second-order valence-electron chi connectivity index (χ2n) is 8.38. The smallest absolute Gasteiger partial charge is 0.259 e. The molecule has 0 bridgehead atoms. The largest absolute Gasteiger partial charge is 0.861 e. The average molecular weight is 528 g/mol. The Kier molecular flexibility index (Phi) is 6.10. The Morgan fingerprint density at radius 3 is 2.47 bits per heavy atom. The molecule has 1 aliphatic heterocycles. The highest BCUT2D eigenvalue weighted by Crippen LogP contribution is 2.34. The second-order valence-corrected chi connectivity index (χ2v) is 11.9. The Morgan fingerprint density at radius 2 is 1.81 bits per heavy atom. The van der Waals surface area contributed by atoms with Crippen LogP contribution in [0.15, 0.2) is 82.1 Å². The molecule has 9 nitrogen and oxygen atoms in total. The van der Waals surface area contributed by atoms with Crippen LogP contribution in [0.3, 0.4) is 0 Å². The molecule has 0 aliphatic carbocycles. The molecule has 0 radical (unpaired) electrons. The van der Waals surface area contributed by atoms with Gasteiger partial charge in [-0.15, -0.1) is 0 Å². The summed E-state index contributed by atoms with van der Waals surface area (Å²) in [5, 5.41) is 10.1. The van der Waals surface area contributed by atoms with Gasteiger partial charge in [0.15, 0.2) is 0 Å². The fourth-order valence-electron chi connectivity index (χ4n) is 4.16. The summed E-state index contributed by atoms with van der Waals surface area (Å²) in [5.74, 6) is -1.30. The lowest BCUT2D eigenvalue weighted by molar-refractivity contribution is -0.217. The first-order chi connectivity index (χ1) is 17.1. The molecule has 12 heteroatoms. The Balaban J connectivity index is 1.49. The van der Waals surface area contributed by atoms with Gasteiger partial charge in [0.25, 0.3) is 10.0 Å². The molecule has 1 aliphatic rings. The first kappa shape index (κ1) is 24.1. The molecule has 1 aromatic heterocycles. The number of sulfonamides is 2. The van der Waals surface area contributed by atoms with Crippen molar-refractivity contribution in [3.8, 4) is 0 Å². The van der Waals surface area contributed by atoms with E-state index in [1.807, 2.05) is 6.07 Å². The van der Waals surface area contributed by atoms with Crippen molar-refractivity contribution in [3.63, 3.8) is 0 Å². The molecule has 2 N–H and O–H groups in total. The maximum atomic E-state index is 15.0. The third-order valence-electron chi connectivity index (χ3n) is 5.89. The van der Waals surface area contributed by atoms with Gasteiger partial charge in [-0.25, -0.2) is 30.9 Å². The van der Waals surface area contributed by atoms with Crippen LogP contribution in [0.4, 0.5) is 4.39 Å². The van der Waals surface area contributed by atoms with Gasteiger partial charge in [0.1, 0.15) is 16.9 Å². The maximum Gasteiger partial charge on any atom is 0.259 e. The van der Waals surface area contributed by atoms with Crippen molar-refractivity contribution in [1.29, 1.82) is 0 Å². The van der Waals surface area contributed by atoms with Crippen molar-refractivity contribution in [1.82, 2.24) is 14.7 Å². The first-order valence-corrected chi connectivity index (χ1v) is 13.9. The predicted octanol–water partition coefficient (Wildman–Crippen LogP) is 2.50. The summed E-state index contributed by atoms with van der Waals surface area (Å²) in [4.78, 5) is 7.69. The van der Waals surface area contributed by atoms with Crippen molar-refractivity contribution >= 4 is 37.0 Å². The van der Waals surface area contributed by atoms with Crippen molar-refractivity contribution in [2.75, 3.05) is 0 Å². The average Bonchev–Trinajstić information content (AvgIpc) is 3.38. The van der Waals surface area contributed by atoms with E-state index >= 15 is 4.39 Å². The third kappa shape index (κ3) is 4.74. The van der Waals surface area contributed by atoms with Gasteiger partial charge >= 0.3 is 0 Å². The number of H-pyrrole nitrogens is 1. The van der Waals surface area contributed by atoms with Crippen LogP contribution >= 0.6 is 0 Å². The number of halogens is 1. The number of rotatable bonds is 7. The zero-order chi connectivity index (χ0) is 25.5. The number of hydrogen-bond acceptors (Lipinski definition) is 6. The molecular formula is C24H20FN4O5S2-. The molecule has 0 saturated carbocycles. The summed E-state index contributed by atoms with van der Waals surface area (Å²) in [5.41, 5.74) is 1.59. The fourth-order valence-corrected chi connectivity index (χ4v) is 6.73. The van der Waals surface area contributed by atoms with Crippen LogP contribution in [0.2, 0.25) is 0 Å².